The molecule has 0 amide bonds. The highest BCUT2D eigenvalue weighted by atomic mass is 19.1. The van der Waals surface area contributed by atoms with Crippen LogP contribution in [0.2, 0.25) is 0 Å². The quantitative estimate of drug-likeness (QED) is 0.817. The van der Waals surface area contributed by atoms with E-state index in [1.807, 2.05) is 0 Å². The van der Waals surface area contributed by atoms with Gasteiger partial charge in [-0.05, 0) is 36.6 Å². The first-order valence-electron chi connectivity index (χ1n) is 4.69. The van der Waals surface area contributed by atoms with E-state index in [-0.39, 0.29) is 17.0 Å². The second kappa shape index (κ2) is 3.29. The minimum Gasteiger partial charge on any atom is -0.481 e. The van der Waals surface area contributed by atoms with E-state index in [1.165, 1.54) is 6.92 Å². The zero-order chi connectivity index (χ0) is 11.2. The molecule has 0 heterocycles. The number of aliphatic carboxylic acids is 1. The van der Waals surface area contributed by atoms with Crippen LogP contribution in [0.15, 0.2) is 12.1 Å². The van der Waals surface area contributed by atoms with Crippen LogP contribution in [-0.2, 0) is 4.79 Å². The molecule has 1 fully saturated rings. The normalized spacial score (nSPS) is 23.9. The number of aryl methyl sites for hydroxylation is 1. The maximum Gasteiger partial charge on any atom is 0.307 e. The zero-order valence-electron chi connectivity index (χ0n) is 8.13. The van der Waals surface area contributed by atoms with Gasteiger partial charge in [0.1, 0.15) is 11.6 Å². The lowest BCUT2D eigenvalue weighted by Gasteiger charge is -2.03. The van der Waals surface area contributed by atoms with Crippen molar-refractivity contribution in [1.82, 2.24) is 0 Å². The molecule has 0 bridgehead atoms. The molecule has 1 aromatic carbocycles. The third-order valence-corrected chi connectivity index (χ3v) is 2.79. The predicted octanol–water partition coefficient (Wildman–Crippen LogP) is 2.46. The van der Waals surface area contributed by atoms with Gasteiger partial charge in [-0.2, -0.15) is 0 Å². The molecule has 1 aliphatic rings. The van der Waals surface area contributed by atoms with E-state index in [0.717, 1.165) is 12.1 Å². The van der Waals surface area contributed by atoms with Gasteiger partial charge >= 0.3 is 5.97 Å². The molecule has 1 aliphatic carbocycles. The highest BCUT2D eigenvalue weighted by molar-refractivity contribution is 5.75. The molecule has 2 nitrogen and oxygen atoms in total. The fourth-order valence-corrected chi connectivity index (χ4v) is 1.76. The average Bonchev–Trinajstić information content (AvgIpc) is 2.90. The highest BCUT2D eigenvalue weighted by Crippen LogP contribution is 2.48. The Balaban J connectivity index is 2.31. The van der Waals surface area contributed by atoms with E-state index in [9.17, 15) is 13.6 Å². The van der Waals surface area contributed by atoms with E-state index in [1.54, 1.807) is 0 Å². The standard InChI is InChI=1S/C11H10F2O2/c1-5-2-10(13)7(4-9(5)12)6-3-8(6)11(14)15/h2,4,6,8H,3H2,1H3,(H,14,15)/t6-,8+/m0/s1. The van der Waals surface area contributed by atoms with Gasteiger partial charge in [0, 0.05) is 5.92 Å². The lowest BCUT2D eigenvalue weighted by atomic mass is 10.1. The first-order chi connectivity index (χ1) is 7.00. The molecule has 0 unspecified atom stereocenters. The Labute approximate surface area is 85.5 Å². The molecular weight excluding hydrogens is 202 g/mol. The maximum atomic E-state index is 13.4. The van der Waals surface area contributed by atoms with Crippen LogP contribution in [0, 0.1) is 24.5 Å². The first-order valence-corrected chi connectivity index (χ1v) is 4.69. The second-order valence-electron chi connectivity index (χ2n) is 3.91. The number of hydrogen-bond donors (Lipinski definition) is 1. The number of benzene rings is 1. The topological polar surface area (TPSA) is 37.3 Å². The number of rotatable bonds is 2. The Morgan fingerprint density at radius 2 is 2.07 bits per heavy atom. The largest absolute Gasteiger partial charge is 0.481 e. The van der Waals surface area contributed by atoms with Crippen molar-refractivity contribution in [2.45, 2.75) is 19.3 Å². The highest BCUT2D eigenvalue weighted by Gasteiger charge is 2.45. The lowest BCUT2D eigenvalue weighted by Crippen LogP contribution is -2.01. The number of halogens is 2. The van der Waals surface area contributed by atoms with E-state index >= 15 is 0 Å². The summed E-state index contributed by atoms with van der Waals surface area (Å²) in [5.74, 6) is -2.86. The van der Waals surface area contributed by atoms with Gasteiger partial charge in [0.25, 0.3) is 0 Å². The third kappa shape index (κ3) is 1.71. The molecule has 15 heavy (non-hydrogen) atoms. The second-order valence-corrected chi connectivity index (χ2v) is 3.91. The van der Waals surface area contributed by atoms with Crippen LogP contribution in [0.3, 0.4) is 0 Å². The predicted molar refractivity (Wildman–Crippen MR) is 49.6 cm³/mol. The van der Waals surface area contributed by atoms with Crippen molar-refractivity contribution in [3.8, 4) is 0 Å². The molecule has 0 aromatic heterocycles. The molecule has 0 spiro atoms. The summed E-state index contributed by atoms with van der Waals surface area (Å²) in [5.41, 5.74) is 0.425. The molecule has 0 radical (unpaired) electrons. The van der Waals surface area contributed by atoms with Crippen LogP contribution in [0.4, 0.5) is 8.78 Å². The van der Waals surface area contributed by atoms with Crippen LogP contribution < -0.4 is 0 Å². The molecule has 2 rings (SSSR count). The van der Waals surface area contributed by atoms with Crippen LogP contribution in [0.25, 0.3) is 0 Å². The summed E-state index contributed by atoms with van der Waals surface area (Å²) in [4.78, 5) is 10.6. The summed E-state index contributed by atoms with van der Waals surface area (Å²) in [6.45, 7) is 1.48. The molecule has 2 atom stereocenters. The van der Waals surface area contributed by atoms with Gasteiger partial charge < -0.3 is 5.11 Å². The Bertz CT molecular complexity index is 429. The van der Waals surface area contributed by atoms with Crippen molar-refractivity contribution < 1.29 is 18.7 Å². The van der Waals surface area contributed by atoms with Crippen molar-refractivity contribution in [3.05, 3.63) is 34.9 Å². The van der Waals surface area contributed by atoms with Crippen molar-refractivity contribution in [3.63, 3.8) is 0 Å². The minimum atomic E-state index is -0.944. The summed E-state index contributed by atoms with van der Waals surface area (Å²) in [6.07, 6.45) is 0.398. The number of carboxylic acids is 1. The zero-order valence-corrected chi connectivity index (χ0v) is 8.13. The summed E-state index contributed by atoms with van der Waals surface area (Å²) >= 11 is 0. The Hall–Kier alpha value is -1.45. The van der Waals surface area contributed by atoms with Gasteiger partial charge in [0.2, 0.25) is 0 Å². The first kappa shape index (κ1) is 10.1. The summed E-state index contributed by atoms with van der Waals surface area (Å²) in [7, 11) is 0. The summed E-state index contributed by atoms with van der Waals surface area (Å²) < 4.78 is 26.6. The van der Waals surface area contributed by atoms with Crippen molar-refractivity contribution >= 4 is 5.97 Å². The van der Waals surface area contributed by atoms with Crippen LogP contribution in [0.1, 0.15) is 23.5 Å². The number of carbonyl (C=O) groups is 1. The summed E-state index contributed by atoms with van der Waals surface area (Å²) in [5, 5.41) is 8.68. The number of hydrogen-bond acceptors (Lipinski definition) is 1. The van der Waals surface area contributed by atoms with Gasteiger partial charge in [-0.25, -0.2) is 8.78 Å². The molecule has 0 aliphatic heterocycles. The summed E-state index contributed by atoms with van der Waals surface area (Å²) in [6, 6.07) is 2.22. The molecule has 4 heteroatoms. The van der Waals surface area contributed by atoms with Crippen molar-refractivity contribution in [2.24, 2.45) is 5.92 Å². The average molecular weight is 212 g/mol. The third-order valence-electron chi connectivity index (χ3n) is 2.79. The van der Waals surface area contributed by atoms with Crippen molar-refractivity contribution in [2.75, 3.05) is 0 Å². The maximum absolute atomic E-state index is 13.4. The van der Waals surface area contributed by atoms with Crippen LogP contribution in [-0.4, -0.2) is 11.1 Å². The molecule has 0 saturated heterocycles. The SMILES string of the molecule is Cc1cc(F)c([C@@H]2C[C@H]2C(=O)O)cc1F. The minimum absolute atomic E-state index is 0.186. The fraction of sp³-hybridized carbons (Fsp3) is 0.364. The van der Waals surface area contributed by atoms with E-state index < -0.39 is 23.5 Å². The van der Waals surface area contributed by atoms with Gasteiger partial charge in [0.05, 0.1) is 5.92 Å². The Morgan fingerprint density at radius 3 is 2.60 bits per heavy atom. The van der Waals surface area contributed by atoms with Crippen LogP contribution in [0.5, 0.6) is 0 Å². The van der Waals surface area contributed by atoms with Crippen LogP contribution >= 0.6 is 0 Å². The lowest BCUT2D eigenvalue weighted by molar-refractivity contribution is -0.138. The smallest absolute Gasteiger partial charge is 0.307 e. The molecule has 1 N–H and O–H groups in total. The van der Waals surface area contributed by atoms with E-state index in [2.05, 4.69) is 0 Å². The van der Waals surface area contributed by atoms with E-state index in [0.29, 0.717) is 6.42 Å². The van der Waals surface area contributed by atoms with E-state index in [4.69, 9.17) is 5.11 Å². The van der Waals surface area contributed by atoms with Gasteiger partial charge in [-0.1, -0.05) is 0 Å². The molecule has 1 saturated carbocycles. The Kier molecular flexibility index (Phi) is 2.21. The molecule has 80 valence electrons. The van der Waals surface area contributed by atoms with Gasteiger partial charge in [-0.15, -0.1) is 0 Å². The molecular formula is C11H10F2O2. The fourth-order valence-electron chi connectivity index (χ4n) is 1.76. The van der Waals surface area contributed by atoms with Gasteiger partial charge in [0.15, 0.2) is 0 Å². The molecule has 1 aromatic rings. The van der Waals surface area contributed by atoms with Crippen molar-refractivity contribution in [1.29, 1.82) is 0 Å². The monoisotopic (exact) mass is 212 g/mol. The van der Waals surface area contributed by atoms with Gasteiger partial charge in [-0.3, -0.25) is 4.79 Å². The Morgan fingerprint density at radius 1 is 1.40 bits per heavy atom. The number of carboxylic acid groups (broad SMARTS) is 1.